The Balaban J connectivity index is 2.59. The van der Waals surface area contributed by atoms with E-state index < -0.39 is 29.0 Å². The molecule has 0 spiro atoms. The highest BCUT2D eigenvalue weighted by Crippen LogP contribution is 2.29. The first kappa shape index (κ1) is 17.0. The quantitative estimate of drug-likeness (QED) is 0.488. The van der Waals surface area contributed by atoms with Gasteiger partial charge in [0.05, 0.1) is 16.2 Å². The van der Waals surface area contributed by atoms with Crippen molar-refractivity contribution < 1.29 is 23.1 Å². The molecule has 2 aromatic rings. The number of halogens is 3. The summed E-state index contributed by atoms with van der Waals surface area (Å²) in [5.41, 5.74) is -0.745. The van der Waals surface area contributed by atoms with Gasteiger partial charge in [0.15, 0.2) is 0 Å². The first-order chi connectivity index (χ1) is 10.7. The van der Waals surface area contributed by atoms with Gasteiger partial charge in [0.25, 0.3) is 5.78 Å². The van der Waals surface area contributed by atoms with Crippen molar-refractivity contribution in [1.82, 2.24) is 0 Å². The summed E-state index contributed by atoms with van der Waals surface area (Å²) in [5.74, 6) is -3.08. The first-order valence-corrected chi connectivity index (χ1v) is 7.34. The number of benzene rings is 1. The highest BCUT2D eigenvalue weighted by atomic mass is 32.1. The second kappa shape index (κ2) is 6.37. The zero-order chi connectivity index (χ0) is 17.2. The Morgan fingerprint density at radius 2 is 1.78 bits per heavy atom. The van der Waals surface area contributed by atoms with Crippen LogP contribution in [0.4, 0.5) is 13.2 Å². The molecule has 2 rings (SSSR count). The van der Waals surface area contributed by atoms with Gasteiger partial charge in [-0.3, -0.25) is 10.2 Å². The molecule has 1 heterocycles. The van der Waals surface area contributed by atoms with E-state index >= 15 is 0 Å². The third kappa shape index (κ3) is 3.68. The summed E-state index contributed by atoms with van der Waals surface area (Å²) in [5, 5.41) is 19.6. The van der Waals surface area contributed by atoms with Crippen molar-refractivity contribution in [3.8, 4) is 0 Å². The normalized spacial score (nSPS) is 12.7. The SMILES string of the molecule is Cc1ccc(C(=N)/C(C(=O)C(F)(F)F)=C(\O)c2cccs2)cc1. The Labute approximate surface area is 134 Å². The molecule has 1 aromatic heterocycles. The van der Waals surface area contributed by atoms with E-state index in [0.717, 1.165) is 16.9 Å². The lowest BCUT2D eigenvalue weighted by Crippen LogP contribution is -2.29. The highest BCUT2D eigenvalue weighted by Gasteiger charge is 2.44. The Morgan fingerprint density at radius 3 is 2.26 bits per heavy atom. The molecule has 3 nitrogen and oxygen atoms in total. The molecular formula is C16H12F3NO2S. The van der Waals surface area contributed by atoms with Gasteiger partial charge in [0.2, 0.25) is 0 Å². The first-order valence-electron chi connectivity index (χ1n) is 6.46. The smallest absolute Gasteiger partial charge is 0.455 e. The number of aliphatic hydroxyl groups is 1. The molecule has 2 N–H and O–H groups in total. The molecule has 23 heavy (non-hydrogen) atoms. The summed E-state index contributed by atoms with van der Waals surface area (Å²) < 4.78 is 38.6. The van der Waals surface area contributed by atoms with Gasteiger partial charge < -0.3 is 5.11 Å². The summed E-state index contributed by atoms with van der Waals surface area (Å²) in [6.45, 7) is 1.79. The average Bonchev–Trinajstić information content (AvgIpc) is 3.01. The van der Waals surface area contributed by atoms with Gasteiger partial charge in [0, 0.05) is 5.56 Å². The van der Waals surface area contributed by atoms with Gasteiger partial charge in [0.1, 0.15) is 5.76 Å². The fourth-order valence-corrected chi connectivity index (χ4v) is 2.56. The zero-order valence-corrected chi connectivity index (χ0v) is 12.8. The Hall–Kier alpha value is -2.41. The topological polar surface area (TPSA) is 61.2 Å². The number of aliphatic hydroxyl groups excluding tert-OH is 1. The van der Waals surface area contributed by atoms with Crippen LogP contribution in [0, 0.1) is 12.3 Å². The van der Waals surface area contributed by atoms with Gasteiger partial charge in [-0.2, -0.15) is 13.2 Å². The van der Waals surface area contributed by atoms with E-state index in [1.165, 1.54) is 24.3 Å². The van der Waals surface area contributed by atoms with Crippen molar-refractivity contribution in [3.05, 3.63) is 63.4 Å². The van der Waals surface area contributed by atoms with Gasteiger partial charge >= 0.3 is 6.18 Å². The van der Waals surface area contributed by atoms with E-state index in [-0.39, 0.29) is 10.4 Å². The van der Waals surface area contributed by atoms with E-state index in [4.69, 9.17) is 5.41 Å². The minimum atomic E-state index is -5.18. The van der Waals surface area contributed by atoms with Gasteiger partial charge in [-0.25, -0.2) is 0 Å². The number of thiophene rings is 1. The van der Waals surface area contributed by atoms with Crippen LogP contribution in [0.1, 0.15) is 16.0 Å². The number of carbonyl (C=O) groups excluding carboxylic acids is 1. The summed E-state index contributed by atoms with van der Waals surface area (Å²) in [6.07, 6.45) is -5.18. The van der Waals surface area contributed by atoms with Gasteiger partial charge in [-0.05, 0) is 18.4 Å². The van der Waals surface area contributed by atoms with E-state index in [0.29, 0.717) is 0 Å². The molecule has 0 aliphatic rings. The number of hydrogen-bond donors (Lipinski definition) is 2. The van der Waals surface area contributed by atoms with Crippen molar-refractivity contribution in [3.63, 3.8) is 0 Å². The van der Waals surface area contributed by atoms with Crippen molar-refractivity contribution in [2.75, 3.05) is 0 Å². The average molecular weight is 339 g/mol. The van der Waals surface area contributed by atoms with E-state index in [2.05, 4.69) is 0 Å². The maximum absolute atomic E-state index is 12.9. The lowest BCUT2D eigenvalue weighted by Gasteiger charge is -2.13. The van der Waals surface area contributed by atoms with Crippen LogP contribution in [0.3, 0.4) is 0 Å². The van der Waals surface area contributed by atoms with Crippen LogP contribution in [0.25, 0.3) is 5.76 Å². The molecular weight excluding hydrogens is 327 g/mol. The Bertz CT molecular complexity index is 760. The van der Waals surface area contributed by atoms with Gasteiger partial charge in [-0.15, -0.1) is 11.3 Å². The van der Waals surface area contributed by atoms with Crippen molar-refractivity contribution >= 4 is 28.6 Å². The molecule has 7 heteroatoms. The standard InChI is InChI=1S/C16H12F3NO2S/c1-9-4-6-10(7-5-9)13(20)12(15(22)16(17,18)19)14(21)11-3-2-8-23-11/h2-8,20-21H,1H3/b14-12+,20-13?. The lowest BCUT2D eigenvalue weighted by atomic mass is 9.96. The van der Waals surface area contributed by atoms with Crippen LogP contribution >= 0.6 is 11.3 Å². The minimum Gasteiger partial charge on any atom is -0.506 e. The van der Waals surface area contributed by atoms with Crippen molar-refractivity contribution in [2.45, 2.75) is 13.1 Å². The van der Waals surface area contributed by atoms with Crippen LogP contribution in [-0.2, 0) is 4.79 Å². The summed E-state index contributed by atoms with van der Waals surface area (Å²) in [4.78, 5) is 11.8. The molecule has 0 fully saturated rings. The van der Waals surface area contributed by atoms with Crippen LogP contribution < -0.4 is 0 Å². The predicted molar refractivity (Wildman–Crippen MR) is 82.9 cm³/mol. The molecule has 0 aliphatic carbocycles. The highest BCUT2D eigenvalue weighted by molar-refractivity contribution is 7.11. The largest absolute Gasteiger partial charge is 0.506 e. The maximum Gasteiger partial charge on any atom is 0.455 e. The Morgan fingerprint density at radius 1 is 1.17 bits per heavy atom. The summed E-state index contributed by atoms with van der Waals surface area (Å²) >= 11 is 0.978. The molecule has 0 radical (unpaired) electrons. The van der Waals surface area contributed by atoms with Crippen molar-refractivity contribution in [2.24, 2.45) is 0 Å². The number of hydrogen-bond acceptors (Lipinski definition) is 4. The Kier molecular flexibility index (Phi) is 4.70. The van der Waals surface area contributed by atoms with Crippen LogP contribution in [-0.4, -0.2) is 22.8 Å². The third-order valence-corrected chi connectivity index (χ3v) is 3.94. The van der Waals surface area contributed by atoms with Crippen molar-refractivity contribution in [1.29, 1.82) is 5.41 Å². The number of Topliss-reactive ketones (excluding diaryl/α,β-unsaturated/α-hetero) is 1. The number of carbonyl (C=O) groups is 1. The van der Waals surface area contributed by atoms with Crippen LogP contribution in [0.5, 0.6) is 0 Å². The van der Waals surface area contributed by atoms with Crippen LogP contribution in [0.15, 0.2) is 47.4 Å². The molecule has 0 aliphatic heterocycles. The molecule has 0 saturated carbocycles. The number of allylic oxidation sites excluding steroid dienone is 1. The fraction of sp³-hybridized carbons (Fsp3) is 0.125. The fourth-order valence-electron chi connectivity index (χ4n) is 1.88. The second-order valence-corrected chi connectivity index (χ2v) is 5.72. The summed E-state index contributed by atoms with van der Waals surface area (Å²) in [7, 11) is 0. The second-order valence-electron chi connectivity index (χ2n) is 4.77. The number of ketones is 1. The number of rotatable bonds is 4. The minimum absolute atomic E-state index is 0.0921. The molecule has 0 unspecified atom stereocenters. The van der Waals surface area contributed by atoms with Crippen LogP contribution in [0.2, 0.25) is 0 Å². The molecule has 0 amide bonds. The van der Waals surface area contributed by atoms with E-state index in [1.807, 2.05) is 0 Å². The third-order valence-electron chi connectivity index (χ3n) is 3.07. The monoisotopic (exact) mass is 339 g/mol. The predicted octanol–water partition coefficient (Wildman–Crippen LogP) is 4.53. The number of nitrogens with one attached hydrogen (secondary N) is 1. The molecule has 120 valence electrons. The molecule has 0 bridgehead atoms. The lowest BCUT2D eigenvalue weighted by molar-refractivity contribution is -0.165. The molecule has 0 atom stereocenters. The van der Waals surface area contributed by atoms with E-state index in [1.54, 1.807) is 24.4 Å². The number of alkyl halides is 3. The van der Waals surface area contributed by atoms with Gasteiger partial charge in [-0.1, -0.05) is 35.9 Å². The molecule has 1 aromatic carbocycles. The number of aryl methyl sites for hydroxylation is 1. The molecule has 0 saturated heterocycles. The van der Waals surface area contributed by atoms with E-state index in [9.17, 15) is 23.1 Å². The maximum atomic E-state index is 12.9. The zero-order valence-electron chi connectivity index (χ0n) is 11.9. The summed E-state index contributed by atoms with van der Waals surface area (Å²) in [6, 6.07) is 9.00.